The number of nitrogens with zero attached hydrogens (tertiary/aromatic N) is 3. The number of ether oxygens (including phenoxy) is 1. The van der Waals surface area contributed by atoms with Gasteiger partial charge in [-0.3, -0.25) is 9.79 Å². The lowest BCUT2D eigenvalue weighted by Crippen LogP contribution is -2.37. The fourth-order valence-corrected chi connectivity index (χ4v) is 3.39. The number of aliphatic imine (C=N–C) groups is 1. The van der Waals surface area contributed by atoms with Crippen molar-refractivity contribution >= 4 is 17.6 Å². The Balaban J connectivity index is 1.78. The summed E-state index contributed by atoms with van der Waals surface area (Å²) in [4.78, 5) is 17.2. The molecule has 1 amide bonds. The molecule has 3 aromatic rings. The second-order valence-corrected chi connectivity index (χ2v) is 7.91. The maximum Gasteiger partial charge on any atom is 0.255 e. The van der Waals surface area contributed by atoms with Gasteiger partial charge in [-0.25, -0.2) is 8.78 Å². The summed E-state index contributed by atoms with van der Waals surface area (Å²) in [5, 5.41) is 7.27. The SMILES string of the molecule is CCCN=CCC(N)CNC(=O)c1c(C)nn2c(OCc3c(F)cccc3F)cc(C)cc12. The molecule has 9 heteroatoms. The Morgan fingerprint density at radius 2 is 2.03 bits per heavy atom. The Morgan fingerprint density at radius 3 is 2.73 bits per heavy atom. The molecule has 0 fully saturated rings. The number of hydrogen-bond acceptors (Lipinski definition) is 5. The smallest absolute Gasteiger partial charge is 0.255 e. The molecule has 2 aromatic heterocycles. The van der Waals surface area contributed by atoms with Gasteiger partial charge in [-0.15, -0.1) is 0 Å². The Hall–Kier alpha value is -3.33. The van der Waals surface area contributed by atoms with Gasteiger partial charge in [-0.05, 0) is 50.5 Å². The number of aryl methyl sites for hydroxylation is 2. The van der Waals surface area contributed by atoms with Crippen LogP contribution in [0.3, 0.4) is 0 Å². The van der Waals surface area contributed by atoms with Crippen molar-refractivity contribution in [2.24, 2.45) is 10.7 Å². The minimum Gasteiger partial charge on any atom is -0.473 e. The number of rotatable bonds is 10. The van der Waals surface area contributed by atoms with E-state index in [0.717, 1.165) is 18.5 Å². The molecule has 3 N–H and O–H groups in total. The lowest BCUT2D eigenvalue weighted by Gasteiger charge is -2.12. The van der Waals surface area contributed by atoms with E-state index in [9.17, 15) is 13.6 Å². The number of nitrogens with two attached hydrogens (primary N) is 1. The molecule has 0 spiro atoms. The molecule has 1 unspecified atom stereocenters. The molecular weight excluding hydrogens is 428 g/mol. The van der Waals surface area contributed by atoms with Gasteiger partial charge < -0.3 is 15.8 Å². The van der Waals surface area contributed by atoms with Crippen LogP contribution >= 0.6 is 0 Å². The van der Waals surface area contributed by atoms with Gasteiger partial charge in [-0.2, -0.15) is 9.61 Å². The third kappa shape index (κ3) is 5.92. The zero-order valence-corrected chi connectivity index (χ0v) is 19.1. The highest BCUT2D eigenvalue weighted by molar-refractivity contribution is 6.02. The van der Waals surface area contributed by atoms with Crippen molar-refractivity contribution in [3.63, 3.8) is 0 Å². The first-order valence-corrected chi connectivity index (χ1v) is 10.9. The predicted molar refractivity (Wildman–Crippen MR) is 124 cm³/mol. The van der Waals surface area contributed by atoms with Crippen molar-refractivity contribution in [1.82, 2.24) is 14.9 Å². The fourth-order valence-electron chi connectivity index (χ4n) is 3.39. The molecule has 0 bridgehead atoms. The number of pyridine rings is 1. The summed E-state index contributed by atoms with van der Waals surface area (Å²) in [7, 11) is 0. The highest BCUT2D eigenvalue weighted by Gasteiger charge is 2.20. The van der Waals surface area contributed by atoms with Crippen LogP contribution in [0, 0.1) is 25.5 Å². The lowest BCUT2D eigenvalue weighted by atomic mass is 10.1. The first kappa shape index (κ1) is 24.3. The average molecular weight is 458 g/mol. The molecule has 2 heterocycles. The van der Waals surface area contributed by atoms with Crippen LogP contribution < -0.4 is 15.8 Å². The predicted octanol–water partition coefficient (Wildman–Crippen LogP) is 3.74. The van der Waals surface area contributed by atoms with Crippen molar-refractivity contribution in [2.75, 3.05) is 13.1 Å². The molecule has 1 aromatic carbocycles. The van der Waals surface area contributed by atoms with Crippen LogP contribution in [0.25, 0.3) is 5.52 Å². The van der Waals surface area contributed by atoms with Gasteiger partial charge in [0.1, 0.15) is 18.2 Å². The largest absolute Gasteiger partial charge is 0.473 e. The summed E-state index contributed by atoms with van der Waals surface area (Å²) in [6, 6.07) is 6.90. The first-order valence-electron chi connectivity index (χ1n) is 10.9. The highest BCUT2D eigenvalue weighted by atomic mass is 19.1. The quantitative estimate of drug-likeness (QED) is 0.454. The molecule has 0 radical (unpaired) electrons. The second kappa shape index (κ2) is 11.0. The number of amides is 1. The van der Waals surface area contributed by atoms with Crippen LogP contribution in [0.1, 0.15) is 46.9 Å². The maximum atomic E-state index is 14.0. The van der Waals surface area contributed by atoms with Gasteiger partial charge >= 0.3 is 0 Å². The van der Waals surface area contributed by atoms with Crippen molar-refractivity contribution in [1.29, 1.82) is 0 Å². The summed E-state index contributed by atoms with van der Waals surface area (Å²) in [6.07, 6.45) is 3.32. The summed E-state index contributed by atoms with van der Waals surface area (Å²) < 4.78 is 35.1. The van der Waals surface area contributed by atoms with E-state index >= 15 is 0 Å². The number of carbonyl (C=O) groups excluding carboxylic acids is 1. The monoisotopic (exact) mass is 457 g/mol. The van der Waals surface area contributed by atoms with E-state index in [4.69, 9.17) is 10.5 Å². The number of nitrogens with one attached hydrogen (secondary N) is 1. The van der Waals surface area contributed by atoms with Crippen LogP contribution in [0.15, 0.2) is 35.3 Å². The molecule has 3 rings (SSSR count). The lowest BCUT2D eigenvalue weighted by molar-refractivity contribution is 0.0952. The summed E-state index contributed by atoms with van der Waals surface area (Å²) >= 11 is 0. The van der Waals surface area contributed by atoms with E-state index in [0.29, 0.717) is 23.2 Å². The Morgan fingerprint density at radius 1 is 1.30 bits per heavy atom. The number of hydrogen-bond donors (Lipinski definition) is 2. The summed E-state index contributed by atoms with van der Waals surface area (Å²) in [6.45, 7) is 6.34. The zero-order chi connectivity index (χ0) is 24.0. The minimum absolute atomic E-state index is 0.175. The van der Waals surface area contributed by atoms with E-state index in [1.165, 1.54) is 22.7 Å². The molecular formula is C24H29F2N5O2. The van der Waals surface area contributed by atoms with Gasteiger partial charge in [0.15, 0.2) is 0 Å². The van der Waals surface area contributed by atoms with Crippen molar-refractivity contribution < 1.29 is 18.3 Å². The molecule has 0 saturated heterocycles. The molecule has 176 valence electrons. The Bertz CT molecular complexity index is 1140. The molecule has 0 aliphatic heterocycles. The Labute approximate surface area is 191 Å². The maximum absolute atomic E-state index is 14.0. The van der Waals surface area contributed by atoms with Gasteiger partial charge in [0.05, 0.1) is 22.3 Å². The number of carbonyl (C=O) groups is 1. The van der Waals surface area contributed by atoms with Gasteiger partial charge in [-0.1, -0.05) is 13.0 Å². The van der Waals surface area contributed by atoms with E-state index < -0.39 is 11.6 Å². The standard InChI is InChI=1S/C24H29F2N5O2/c1-4-9-28-10-8-17(27)13-29-24(32)23-16(3)30-31-21(23)11-15(2)12-22(31)33-14-18-19(25)6-5-7-20(18)26/h5-7,10-12,17H,4,8-9,13-14,27H2,1-3H3,(H,29,32). The van der Waals surface area contributed by atoms with Crippen LogP contribution in [0.5, 0.6) is 5.88 Å². The third-order valence-electron chi connectivity index (χ3n) is 5.09. The van der Waals surface area contributed by atoms with E-state index in [1.807, 2.05) is 19.9 Å². The minimum atomic E-state index is -0.688. The molecule has 33 heavy (non-hydrogen) atoms. The number of aromatic nitrogens is 2. The average Bonchev–Trinajstić information content (AvgIpc) is 3.10. The second-order valence-electron chi connectivity index (χ2n) is 7.91. The van der Waals surface area contributed by atoms with E-state index in [2.05, 4.69) is 15.4 Å². The molecule has 7 nitrogen and oxygen atoms in total. The molecule has 1 atom stereocenters. The summed E-state index contributed by atoms with van der Waals surface area (Å²) in [5.41, 5.74) is 8.13. The first-order chi connectivity index (χ1) is 15.8. The molecule has 0 aliphatic rings. The van der Waals surface area contributed by atoms with Crippen molar-refractivity contribution in [3.8, 4) is 5.88 Å². The summed E-state index contributed by atoms with van der Waals surface area (Å²) in [5.74, 6) is -1.41. The number of fused-ring (bicyclic) bond motifs is 1. The number of benzene rings is 1. The van der Waals surface area contributed by atoms with E-state index in [-0.39, 0.29) is 36.5 Å². The van der Waals surface area contributed by atoms with Crippen molar-refractivity contribution in [2.45, 2.75) is 46.3 Å². The topological polar surface area (TPSA) is 94.0 Å². The number of halogens is 2. The van der Waals surface area contributed by atoms with Gasteiger partial charge in [0.2, 0.25) is 5.88 Å². The van der Waals surface area contributed by atoms with Crippen LogP contribution in [-0.2, 0) is 6.61 Å². The molecule has 0 saturated carbocycles. The highest BCUT2D eigenvalue weighted by Crippen LogP contribution is 2.24. The normalized spacial score (nSPS) is 12.4. The third-order valence-corrected chi connectivity index (χ3v) is 5.09. The van der Waals surface area contributed by atoms with E-state index in [1.54, 1.807) is 19.2 Å². The fraction of sp³-hybridized carbons (Fsp3) is 0.375. The van der Waals surface area contributed by atoms with Crippen LogP contribution in [0.2, 0.25) is 0 Å². The Kier molecular flexibility index (Phi) is 8.11. The zero-order valence-electron chi connectivity index (χ0n) is 19.1. The van der Waals surface area contributed by atoms with Gasteiger partial charge in [0, 0.05) is 31.4 Å². The van der Waals surface area contributed by atoms with Crippen LogP contribution in [0.4, 0.5) is 8.78 Å². The van der Waals surface area contributed by atoms with Crippen molar-refractivity contribution in [3.05, 3.63) is 64.4 Å². The van der Waals surface area contributed by atoms with Crippen LogP contribution in [-0.4, -0.2) is 40.9 Å². The van der Waals surface area contributed by atoms with Gasteiger partial charge in [0.25, 0.3) is 5.91 Å². The molecule has 0 aliphatic carbocycles.